The molecule has 0 fully saturated rings. The van der Waals surface area contributed by atoms with Gasteiger partial charge < -0.3 is 10.6 Å². The van der Waals surface area contributed by atoms with Crippen LogP contribution in [0.15, 0.2) is 48.5 Å². The molecule has 0 aromatic carbocycles. The lowest BCUT2D eigenvalue weighted by molar-refractivity contribution is 0.0957. The molecule has 1 amide bonds. The minimum Gasteiger partial charge on any atom is -0.363 e. The maximum atomic E-state index is 11.8. The normalized spacial score (nSPS) is 10.3. The molecule has 3 heterocycles. The van der Waals surface area contributed by atoms with Gasteiger partial charge in [0.1, 0.15) is 11.6 Å². The third kappa shape index (κ3) is 3.85. The van der Waals surface area contributed by atoms with Gasteiger partial charge in [0.25, 0.3) is 5.91 Å². The third-order valence-corrected chi connectivity index (χ3v) is 4.01. The zero-order valence-electron chi connectivity index (χ0n) is 12.8. The van der Waals surface area contributed by atoms with Gasteiger partial charge in [0.2, 0.25) is 0 Å². The number of anilines is 1. The molecule has 0 aliphatic rings. The maximum absolute atomic E-state index is 11.8. The third-order valence-electron chi connectivity index (χ3n) is 3.14. The van der Waals surface area contributed by atoms with Gasteiger partial charge in [0.05, 0.1) is 17.0 Å². The van der Waals surface area contributed by atoms with E-state index in [-0.39, 0.29) is 5.91 Å². The number of amides is 1. The molecule has 0 radical (unpaired) electrons. The number of H-pyrrole nitrogens is 1. The van der Waals surface area contributed by atoms with Crippen molar-refractivity contribution in [2.45, 2.75) is 6.54 Å². The minimum atomic E-state index is -0.176. The smallest absolute Gasteiger partial charge is 0.253 e. The van der Waals surface area contributed by atoms with Gasteiger partial charge >= 0.3 is 0 Å². The van der Waals surface area contributed by atoms with E-state index in [1.165, 1.54) is 6.20 Å². The second kappa shape index (κ2) is 7.51. The highest BCUT2D eigenvalue weighted by atomic mass is 32.1. The van der Waals surface area contributed by atoms with Crippen LogP contribution in [0.25, 0.3) is 10.7 Å². The number of aromatic nitrogens is 4. The quantitative estimate of drug-likeness (QED) is 0.574. The number of pyridine rings is 1. The largest absolute Gasteiger partial charge is 0.363 e. The van der Waals surface area contributed by atoms with Gasteiger partial charge in [-0.15, -0.1) is 17.9 Å². The Balaban J connectivity index is 1.57. The van der Waals surface area contributed by atoms with Crippen LogP contribution in [0.4, 0.5) is 5.82 Å². The monoisotopic (exact) mass is 340 g/mol. The predicted octanol–water partition coefficient (Wildman–Crippen LogP) is 2.46. The van der Waals surface area contributed by atoms with Crippen molar-refractivity contribution in [3.63, 3.8) is 0 Å². The van der Waals surface area contributed by atoms with Crippen molar-refractivity contribution in [3.8, 4) is 10.7 Å². The molecule has 24 heavy (non-hydrogen) atoms. The average Bonchev–Trinajstić information content (AvgIpc) is 3.29. The molecule has 0 aliphatic carbocycles. The fraction of sp³-hybridized carbons (Fsp3) is 0.125. The summed E-state index contributed by atoms with van der Waals surface area (Å²) in [6.07, 6.45) is 3.15. The number of hydrogen-bond acceptors (Lipinski definition) is 6. The Bertz CT molecular complexity index is 809. The molecule has 0 spiro atoms. The number of nitrogens with zero attached hydrogens (tertiary/aromatic N) is 3. The van der Waals surface area contributed by atoms with E-state index in [0.717, 1.165) is 4.88 Å². The molecular formula is C16H16N6OS. The molecule has 0 saturated heterocycles. The first-order valence-electron chi connectivity index (χ1n) is 7.30. The SMILES string of the molecule is C=CCNC(=O)c1ccc(NCc2nc(-c3cccs3)n[nH]2)nc1. The van der Waals surface area contributed by atoms with Crippen molar-refractivity contribution in [3.05, 3.63) is 59.9 Å². The number of thiophene rings is 1. The summed E-state index contributed by atoms with van der Waals surface area (Å²) in [7, 11) is 0. The number of hydrogen-bond donors (Lipinski definition) is 3. The molecule has 0 unspecified atom stereocenters. The Morgan fingerprint density at radius 3 is 3.00 bits per heavy atom. The van der Waals surface area contributed by atoms with Gasteiger partial charge in [-0.2, -0.15) is 5.10 Å². The van der Waals surface area contributed by atoms with Crippen LogP contribution >= 0.6 is 11.3 Å². The van der Waals surface area contributed by atoms with Gasteiger partial charge in [0.15, 0.2) is 5.82 Å². The van der Waals surface area contributed by atoms with Gasteiger partial charge in [0, 0.05) is 12.7 Å². The van der Waals surface area contributed by atoms with E-state index in [0.29, 0.717) is 36.1 Å². The summed E-state index contributed by atoms with van der Waals surface area (Å²) >= 11 is 1.59. The van der Waals surface area contributed by atoms with Crippen molar-refractivity contribution < 1.29 is 4.79 Å². The molecule has 0 atom stereocenters. The standard InChI is InChI=1S/C16H16N6OS/c1-2-7-17-16(23)11-5-6-13(18-9-11)19-10-14-20-15(22-21-14)12-4-3-8-24-12/h2-6,8-9H,1,7,10H2,(H,17,23)(H,18,19)(H,20,21,22). The lowest BCUT2D eigenvalue weighted by Gasteiger charge is -2.05. The van der Waals surface area contributed by atoms with E-state index in [4.69, 9.17) is 0 Å². The van der Waals surface area contributed by atoms with Crippen LogP contribution in [0.1, 0.15) is 16.2 Å². The first-order chi connectivity index (χ1) is 11.8. The van der Waals surface area contributed by atoms with Gasteiger partial charge in [-0.3, -0.25) is 9.89 Å². The van der Waals surface area contributed by atoms with Crippen LogP contribution in [-0.2, 0) is 6.54 Å². The number of aromatic amines is 1. The van der Waals surface area contributed by atoms with Crippen molar-refractivity contribution >= 4 is 23.1 Å². The second-order valence-corrected chi connectivity index (χ2v) is 5.82. The van der Waals surface area contributed by atoms with E-state index in [9.17, 15) is 4.79 Å². The van der Waals surface area contributed by atoms with Crippen molar-refractivity contribution in [1.82, 2.24) is 25.5 Å². The van der Waals surface area contributed by atoms with Crippen LogP contribution in [-0.4, -0.2) is 32.6 Å². The van der Waals surface area contributed by atoms with Crippen LogP contribution in [0.2, 0.25) is 0 Å². The van der Waals surface area contributed by atoms with Crippen molar-refractivity contribution in [2.24, 2.45) is 0 Å². The predicted molar refractivity (Wildman–Crippen MR) is 93.8 cm³/mol. The Hall–Kier alpha value is -3.00. The number of carbonyl (C=O) groups is 1. The molecule has 3 aromatic heterocycles. The van der Waals surface area contributed by atoms with E-state index in [2.05, 4.69) is 37.4 Å². The molecular weight excluding hydrogens is 324 g/mol. The van der Waals surface area contributed by atoms with Crippen LogP contribution < -0.4 is 10.6 Å². The number of carbonyl (C=O) groups excluding carboxylic acids is 1. The summed E-state index contributed by atoms with van der Waals surface area (Å²) < 4.78 is 0. The second-order valence-electron chi connectivity index (χ2n) is 4.87. The fourth-order valence-corrected chi connectivity index (χ4v) is 2.62. The fourth-order valence-electron chi connectivity index (χ4n) is 1.96. The summed E-state index contributed by atoms with van der Waals surface area (Å²) in [6.45, 7) is 4.45. The van der Waals surface area contributed by atoms with Crippen LogP contribution in [0.3, 0.4) is 0 Å². The topological polar surface area (TPSA) is 95.6 Å². The Morgan fingerprint density at radius 1 is 1.38 bits per heavy atom. The first kappa shape index (κ1) is 15.9. The van der Waals surface area contributed by atoms with E-state index in [1.54, 1.807) is 29.5 Å². The lowest BCUT2D eigenvalue weighted by atomic mass is 10.2. The van der Waals surface area contributed by atoms with Crippen molar-refractivity contribution in [2.75, 3.05) is 11.9 Å². The molecule has 8 heteroatoms. The summed E-state index contributed by atoms with van der Waals surface area (Å²) in [5.41, 5.74) is 0.502. The first-order valence-corrected chi connectivity index (χ1v) is 8.18. The number of rotatable bonds is 7. The maximum Gasteiger partial charge on any atom is 0.253 e. The molecule has 7 nitrogen and oxygen atoms in total. The molecule has 3 N–H and O–H groups in total. The van der Waals surface area contributed by atoms with Crippen LogP contribution in [0, 0.1) is 0 Å². The number of nitrogens with one attached hydrogen (secondary N) is 3. The zero-order valence-corrected chi connectivity index (χ0v) is 13.6. The Labute approximate surface area is 142 Å². The zero-order chi connectivity index (χ0) is 16.8. The summed E-state index contributed by atoms with van der Waals surface area (Å²) in [5, 5.41) is 14.9. The highest BCUT2D eigenvalue weighted by Gasteiger charge is 2.08. The summed E-state index contributed by atoms with van der Waals surface area (Å²) in [6, 6.07) is 7.40. The molecule has 3 aromatic rings. The van der Waals surface area contributed by atoms with E-state index < -0.39 is 0 Å². The Kier molecular flexibility index (Phi) is 4.97. The summed E-state index contributed by atoms with van der Waals surface area (Å²) in [4.78, 5) is 21.4. The Morgan fingerprint density at radius 2 is 2.29 bits per heavy atom. The highest BCUT2D eigenvalue weighted by Crippen LogP contribution is 2.20. The van der Waals surface area contributed by atoms with Crippen molar-refractivity contribution in [1.29, 1.82) is 0 Å². The average molecular weight is 340 g/mol. The van der Waals surface area contributed by atoms with Gasteiger partial charge in [-0.1, -0.05) is 12.1 Å². The molecule has 0 bridgehead atoms. The summed E-state index contributed by atoms with van der Waals surface area (Å²) in [5.74, 6) is 1.88. The highest BCUT2D eigenvalue weighted by molar-refractivity contribution is 7.13. The van der Waals surface area contributed by atoms with Gasteiger partial charge in [-0.05, 0) is 23.6 Å². The molecule has 122 valence electrons. The molecule has 0 saturated carbocycles. The minimum absolute atomic E-state index is 0.176. The van der Waals surface area contributed by atoms with E-state index in [1.807, 2.05) is 17.5 Å². The van der Waals surface area contributed by atoms with E-state index >= 15 is 0 Å². The van der Waals surface area contributed by atoms with Gasteiger partial charge in [-0.25, -0.2) is 9.97 Å². The molecule has 3 rings (SSSR count). The van der Waals surface area contributed by atoms with Crippen LogP contribution in [0.5, 0.6) is 0 Å². The molecule has 0 aliphatic heterocycles. The lowest BCUT2D eigenvalue weighted by Crippen LogP contribution is -2.23.